The molecule has 0 spiro atoms. The van der Waals surface area contributed by atoms with Crippen LogP contribution in [-0.4, -0.2) is 17.1 Å². The molecule has 1 aromatic carbocycles. The summed E-state index contributed by atoms with van der Waals surface area (Å²) in [5, 5.41) is 9.72. The van der Waals surface area contributed by atoms with E-state index in [1.54, 1.807) is 0 Å². The van der Waals surface area contributed by atoms with Crippen LogP contribution in [-0.2, 0) is 0 Å². The predicted molar refractivity (Wildman–Crippen MR) is 63.9 cm³/mol. The summed E-state index contributed by atoms with van der Waals surface area (Å²) in [7, 11) is 0. The average molecular weight is 241 g/mol. The van der Waals surface area contributed by atoms with E-state index in [-0.39, 0.29) is 5.75 Å². The quantitative estimate of drug-likeness (QED) is 0.346. The highest BCUT2D eigenvalue weighted by atomic mass is 32.2. The van der Waals surface area contributed by atoms with Crippen LogP contribution >= 0.6 is 11.8 Å². The van der Waals surface area contributed by atoms with E-state index in [9.17, 15) is 9.90 Å². The van der Waals surface area contributed by atoms with Gasteiger partial charge in [0.2, 0.25) is 0 Å². The Labute approximate surface area is 98.7 Å². The van der Waals surface area contributed by atoms with Gasteiger partial charge in [-0.05, 0) is 24.3 Å². The molecule has 1 aromatic rings. The van der Waals surface area contributed by atoms with Crippen molar-refractivity contribution in [1.29, 1.82) is 0 Å². The summed E-state index contributed by atoms with van der Waals surface area (Å²) in [5.74, 6) is 6.35. The van der Waals surface area contributed by atoms with Crippen molar-refractivity contribution in [3.63, 3.8) is 0 Å². The molecule has 0 radical (unpaired) electrons. The van der Waals surface area contributed by atoms with Crippen LogP contribution in [0.4, 0.5) is 0 Å². The fraction of sp³-hybridized carbons (Fsp3) is 0.364. The molecule has 5 heteroatoms. The van der Waals surface area contributed by atoms with Crippen LogP contribution < -0.4 is 10.7 Å². The van der Waals surface area contributed by atoms with Crippen molar-refractivity contribution in [2.24, 2.45) is 5.90 Å². The lowest BCUT2D eigenvalue weighted by atomic mass is 10.2. The molecule has 0 atom stereocenters. The van der Waals surface area contributed by atoms with Crippen LogP contribution in [0.1, 0.15) is 30.1 Å². The highest BCUT2D eigenvalue weighted by Gasteiger charge is 2.11. The number of carbonyl (C=O) groups is 1. The van der Waals surface area contributed by atoms with E-state index in [1.165, 1.54) is 23.9 Å². The topological polar surface area (TPSA) is 72.5 Å². The fourth-order valence-corrected chi connectivity index (χ4v) is 2.32. The van der Waals surface area contributed by atoms with E-state index in [4.69, 9.17) is 5.90 Å². The molecule has 0 unspecified atom stereocenters. The molecule has 0 fully saturated rings. The second-order valence-electron chi connectivity index (χ2n) is 3.31. The number of aldehydes is 1. The van der Waals surface area contributed by atoms with Gasteiger partial charge in [-0.15, -0.1) is 11.8 Å². The van der Waals surface area contributed by atoms with Gasteiger partial charge < -0.3 is 9.94 Å². The summed E-state index contributed by atoms with van der Waals surface area (Å²) in [6.07, 6.45) is 2.77. The third-order valence-electron chi connectivity index (χ3n) is 2.06. The van der Waals surface area contributed by atoms with Crippen molar-refractivity contribution in [2.75, 3.05) is 5.75 Å². The number of unbranched alkanes of at least 4 members (excludes halogenated alkanes) is 1. The third kappa shape index (κ3) is 3.15. The van der Waals surface area contributed by atoms with Crippen molar-refractivity contribution in [2.45, 2.75) is 24.7 Å². The molecule has 0 heterocycles. The monoisotopic (exact) mass is 241 g/mol. The minimum atomic E-state index is 0.0335. The molecule has 0 aliphatic carbocycles. The number of nitrogens with two attached hydrogens (primary N) is 1. The third-order valence-corrected chi connectivity index (χ3v) is 3.26. The first kappa shape index (κ1) is 12.9. The van der Waals surface area contributed by atoms with Crippen LogP contribution in [0, 0.1) is 0 Å². The molecular formula is C11H15NO3S. The molecule has 3 N–H and O–H groups in total. The maximum absolute atomic E-state index is 10.6. The number of thioether (sulfide) groups is 1. The Morgan fingerprint density at radius 3 is 2.88 bits per heavy atom. The Morgan fingerprint density at radius 2 is 2.31 bits per heavy atom. The largest absolute Gasteiger partial charge is 0.507 e. The number of aromatic hydroxyl groups is 1. The maximum Gasteiger partial charge on any atom is 0.164 e. The summed E-state index contributed by atoms with van der Waals surface area (Å²) in [6.45, 7) is 2.09. The first-order valence-electron chi connectivity index (χ1n) is 5.04. The van der Waals surface area contributed by atoms with Gasteiger partial charge in [0, 0.05) is 5.56 Å². The van der Waals surface area contributed by atoms with Gasteiger partial charge in [0.15, 0.2) is 5.75 Å². The highest BCUT2D eigenvalue weighted by Crippen LogP contribution is 2.38. The summed E-state index contributed by atoms with van der Waals surface area (Å²) in [4.78, 5) is 15.8. The van der Waals surface area contributed by atoms with Gasteiger partial charge in [0.05, 0.1) is 4.90 Å². The second kappa shape index (κ2) is 6.40. The summed E-state index contributed by atoms with van der Waals surface area (Å²) >= 11 is 1.47. The second-order valence-corrected chi connectivity index (χ2v) is 4.41. The zero-order valence-electron chi connectivity index (χ0n) is 9.10. The average Bonchev–Trinajstić information content (AvgIpc) is 2.30. The van der Waals surface area contributed by atoms with Crippen molar-refractivity contribution in [1.82, 2.24) is 0 Å². The molecular weight excluding hydrogens is 226 g/mol. The SMILES string of the molecule is CCCCSc1c(O)cc(C=O)cc1ON. The van der Waals surface area contributed by atoms with E-state index >= 15 is 0 Å². The van der Waals surface area contributed by atoms with Gasteiger partial charge in [-0.2, -0.15) is 5.90 Å². The van der Waals surface area contributed by atoms with E-state index in [0.29, 0.717) is 22.5 Å². The Bertz CT molecular complexity index is 368. The van der Waals surface area contributed by atoms with E-state index in [1.807, 2.05) is 0 Å². The molecule has 0 bridgehead atoms. The lowest BCUT2D eigenvalue weighted by Crippen LogP contribution is -2.04. The van der Waals surface area contributed by atoms with Crippen LogP contribution in [0.3, 0.4) is 0 Å². The molecule has 0 saturated carbocycles. The van der Waals surface area contributed by atoms with Crippen molar-refractivity contribution < 1.29 is 14.7 Å². The molecule has 0 aliphatic rings. The van der Waals surface area contributed by atoms with Gasteiger partial charge in [-0.3, -0.25) is 4.79 Å². The number of rotatable bonds is 6. The zero-order valence-corrected chi connectivity index (χ0v) is 9.92. The molecule has 0 aromatic heterocycles. The van der Waals surface area contributed by atoms with Gasteiger partial charge in [0.1, 0.15) is 12.0 Å². The molecule has 1 rings (SSSR count). The minimum absolute atomic E-state index is 0.0335. The first-order chi connectivity index (χ1) is 7.72. The predicted octanol–water partition coefficient (Wildman–Crippen LogP) is 2.35. The van der Waals surface area contributed by atoms with E-state index in [2.05, 4.69) is 11.8 Å². The van der Waals surface area contributed by atoms with Crippen LogP contribution in [0.5, 0.6) is 11.5 Å². The molecule has 88 valence electrons. The molecule has 0 aliphatic heterocycles. The molecule has 0 amide bonds. The zero-order chi connectivity index (χ0) is 12.0. The van der Waals surface area contributed by atoms with Crippen LogP contribution in [0.15, 0.2) is 17.0 Å². The standard InChI is InChI=1S/C11H15NO3S/c1-2-3-4-16-11-9(14)5-8(7-13)6-10(11)15-12/h5-7,14H,2-4,12H2,1H3. The van der Waals surface area contributed by atoms with Gasteiger partial charge >= 0.3 is 0 Å². The Balaban J connectivity index is 2.92. The van der Waals surface area contributed by atoms with Crippen molar-refractivity contribution in [3.8, 4) is 11.5 Å². The maximum atomic E-state index is 10.6. The highest BCUT2D eigenvalue weighted by molar-refractivity contribution is 7.99. The van der Waals surface area contributed by atoms with Crippen LogP contribution in [0.25, 0.3) is 0 Å². The van der Waals surface area contributed by atoms with Crippen molar-refractivity contribution in [3.05, 3.63) is 17.7 Å². The smallest absolute Gasteiger partial charge is 0.164 e. The van der Waals surface area contributed by atoms with Crippen LogP contribution in [0.2, 0.25) is 0 Å². The number of carbonyl (C=O) groups excluding carboxylic acids is 1. The number of benzene rings is 1. The normalized spacial score (nSPS) is 10.1. The Morgan fingerprint density at radius 1 is 1.56 bits per heavy atom. The summed E-state index contributed by atoms with van der Waals surface area (Å²) in [5.41, 5.74) is 0.345. The van der Waals surface area contributed by atoms with Gasteiger partial charge in [-0.25, -0.2) is 0 Å². The number of phenolic OH excluding ortho intramolecular Hbond substituents is 1. The van der Waals surface area contributed by atoms with E-state index < -0.39 is 0 Å². The fourth-order valence-electron chi connectivity index (χ4n) is 1.23. The lowest BCUT2D eigenvalue weighted by Gasteiger charge is -2.09. The van der Waals surface area contributed by atoms with Gasteiger partial charge in [-0.1, -0.05) is 13.3 Å². The molecule has 16 heavy (non-hydrogen) atoms. The number of hydrogen-bond acceptors (Lipinski definition) is 5. The Hall–Kier alpha value is -1.20. The first-order valence-corrected chi connectivity index (χ1v) is 6.03. The summed E-state index contributed by atoms with van der Waals surface area (Å²) in [6, 6.07) is 2.92. The lowest BCUT2D eigenvalue weighted by molar-refractivity contribution is 0.112. The van der Waals surface area contributed by atoms with Gasteiger partial charge in [0.25, 0.3) is 0 Å². The molecule has 0 saturated heterocycles. The van der Waals surface area contributed by atoms with Crippen molar-refractivity contribution >= 4 is 18.0 Å². The number of phenols is 1. The summed E-state index contributed by atoms with van der Waals surface area (Å²) < 4.78 is 0. The molecule has 4 nitrogen and oxygen atoms in total. The van der Waals surface area contributed by atoms with E-state index in [0.717, 1.165) is 18.6 Å². The number of hydrogen-bond donors (Lipinski definition) is 2. The minimum Gasteiger partial charge on any atom is -0.507 e. The Kier molecular flexibility index (Phi) is 5.14.